The fourth-order valence-electron chi connectivity index (χ4n) is 3.21. The molecule has 1 aromatic carbocycles. The largest absolute Gasteiger partial charge is 0.741 e. The van der Waals surface area contributed by atoms with Crippen LogP contribution >= 0.6 is 0 Å². The molecule has 18 heteroatoms. The monoisotopic (exact) mass is 591 g/mol. The summed E-state index contributed by atoms with van der Waals surface area (Å²) >= 11 is 0. The lowest BCUT2D eigenvalue weighted by Crippen LogP contribution is -2.51. The van der Waals surface area contributed by atoms with Gasteiger partial charge in [0, 0.05) is 24.2 Å². The van der Waals surface area contributed by atoms with Crippen LogP contribution < -0.4 is 10.6 Å². The molecule has 0 radical (unpaired) electrons. The van der Waals surface area contributed by atoms with E-state index in [-0.39, 0.29) is 25.5 Å². The predicted octanol–water partition coefficient (Wildman–Crippen LogP) is 1.80. The first kappa shape index (κ1) is 30.4. The highest BCUT2D eigenvalue weighted by Gasteiger charge is 2.37. The first-order valence-corrected chi connectivity index (χ1v) is 12.6. The Kier molecular flexibility index (Phi) is 9.38. The topological polar surface area (TPSA) is 192 Å². The molecule has 1 aliphatic heterocycles. The lowest BCUT2D eigenvalue weighted by Gasteiger charge is -2.14. The molecule has 1 saturated heterocycles. The van der Waals surface area contributed by atoms with Gasteiger partial charge in [0.2, 0.25) is 5.89 Å². The maximum Gasteiger partial charge on any atom is 0.485 e. The van der Waals surface area contributed by atoms with Crippen molar-refractivity contribution in [1.82, 2.24) is 15.2 Å². The molecule has 216 valence electrons. The Bertz CT molecular complexity index is 1460. The van der Waals surface area contributed by atoms with Crippen LogP contribution in [0.25, 0.3) is 22.7 Å². The molecule has 40 heavy (non-hydrogen) atoms. The smallest absolute Gasteiger partial charge is 0.485 e. The van der Waals surface area contributed by atoms with Crippen molar-refractivity contribution in [3.05, 3.63) is 48.2 Å². The van der Waals surface area contributed by atoms with Crippen molar-refractivity contribution in [2.45, 2.75) is 25.0 Å². The van der Waals surface area contributed by atoms with Gasteiger partial charge in [-0.3, -0.25) is 14.7 Å². The Morgan fingerprint density at radius 2 is 1.95 bits per heavy atom. The molecule has 3 heterocycles. The molecule has 0 bridgehead atoms. The lowest BCUT2D eigenvalue weighted by molar-refractivity contribution is -0.366. The summed E-state index contributed by atoms with van der Waals surface area (Å²) in [5.41, 5.74) is -0.373. The molecule has 13 nitrogen and oxygen atoms in total. The van der Waals surface area contributed by atoms with Crippen LogP contribution in [-0.4, -0.2) is 71.5 Å². The molecule has 1 aliphatic rings. The second-order valence-electron chi connectivity index (χ2n) is 8.03. The van der Waals surface area contributed by atoms with Crippen molar-refractivity contribution in [2.75, 3.05) is 24.6 Å². The Hall–Kier alpha value is -4.16. The Balaban J connectivity index is 0.000000482. The SMILES string of the molecule is Cc1nnc(-c2ccc(-c3ccc(N4C[C@H](COC(=O)CC[NH3+])OC4=O)cc3F)cn2)o1.O=S(=O)([O-])C(F)(F)F. The van der Waals surface area contributed by atoms with Crippen molar-refractivity contribution >= 4 is 27.9 Å². The van der Waals surface area contributed by atoms with Crippen LogP contribution in [0.2, 0.25) is 0 Å². The number of ether oxygens (including phenoxy) is 2. The van der Waals surface area contributed by atoms with Gasteiger partial charge in [-0.05, 0) is 24.3 Å². The third-order valence-electron chi connectivity index (χ3n) is 5.05. The van der Waals surface area contributed by atoms with Gasteiger partial charge in [-0.15, -0.1) is 10.2 Å². The maximum absolute atomic E-state index is 14.9. The highest BCUT2D eigenvalue weighted by Crippen LogP contribution is 2.30. The number of pyridine rings is 1. The molecule has 2 aromatic heterocycles. The van der Waals surface area contributed by atoms with E-state index in [4.69, 9.17) is 26.9 Å². The van der Waals surface area contributed by atoms with Gasteiger partial charge in [0.1, 0.15) is 18.1 Å². The number of quaternary nitrogens is 1. The molecular weight excluding hydrogens is 570 g/mol. The van der Waals surface area contributed by atoms with Crippen LogP contribution in [0, 0.1) is 12.7 Å². The van der Waals surface area contributed by atoms with Gasteiger partial charge in [-0.2, -0.15) is 13.2 Å². The number of aromatic nitrogens is 3. The molecule has 3 aromatic rings. The number of rotatable bonds is 7. The standard InChI is InChI=1S/C21H20FN5O5.CHF3O3S/c1-12-25-26-20(31-12)18-5-2-13(9-24-18)16-4-3-14(8-17(16)22)27-10-15(32-21(27)29)11-30-19(28)6-7-23;2-1(3,4)8(5,6)7/h2-5,8-9,15H,6-7,10-11,23H2,1H3;(H,5,6,7)/t15-;/m1./s1. The van der Waals surface area contributed by atoms with E-state index in [0.29, 0.717) is 34.9 Å². The van der Waals surface area contributed by atoms with Gasteiger partial charge >= 0.3 is 17.6 Å². The van der Waals surface area contributed by atoms with Gasteiger partial charge in [-0.25, -0.2) is 17.6 Å². The number of hydrogen-bond donors (Lipinski definition) is 1. The number of alkyl halides is 3. The van der Waals surface area contributed by atoms with Crippen molar-refractivity contribution in [3.8, 4) is 22.7 Å². The van der Waals surface area contributed by atoms with Crippen molar-refractivity contribution < 1.29 is 59.7 Å². The molecule has 1 atom stereocenters. The highest BCUT2D eigenvalue weighted by molar-refractivity contribution is 7.86. The summed E-state index contributed by atoms with van der Waals surface area (Å²) in [4.78, 5) is 29.2. The highest BCUT2D eigenvalue weighted by atomic mass is 32.2. The zero-order valence-electron chi connectivity index (χ0n) is 20.6. The molecule has 1 fully saturated rings. The van der Waals surface area contributed by atoms with E-state index in [1.807, 2.05) is 0 Å². The number of benzene rings is 1. The van der Waals surface area contributed by atoms with Crippen LogP contribution in [0.4, 0.5) is 28.0 Å². The quantitative estimate of drug-likeness (QED) is 0.182. The first-order chi connectivity index (χ1) is 18.7. The molecule has 4 rings (SSSR count). The maximum atomic E-state index is 14.9. The van der Waals surface area contributed by atoms with Gasteiger partial charge < -0.3 is 24.2 Å². The van der Waals surface area contributed by atoms with E-state index in [1.54, 1.807) is 31.2 Å². The summed E-state index contributed by atoms with van der Waals surface area (Å²) in [6, 6.07) is 7.79. The summed E-state index contributed by atoms with van der Waals surface area (Å²) < 4.78 is 89.4. The second-order valence-corrected chi connectivity index (χ2v) is 9.40. The number of carbonyl (C=O) groups is 2. The third-order valence-corrected chi connectivity index (χ3v) is 5.62. The predicted molar refractivity (Wildman–Crippen MR) is 124 cm³/mol. The number of anilines is 1. The van der Waals surface area contributed by atoms with Crippen molar-refractivity contribution in [3.63, 3.8) is 0 Å². The Morgan fingerprint density at radius 3 is 2.48 bits per heavy atom. The summed E-state index contributed by atoms with van der Waals surface area (Å²) in [6.45, 7) is 2.20. The van der Waals surface area contributed by atoms with Crippen LogP contribution in [0.1, 0.15) is 12.3 Å². The van der Waals surface area contributed by atoms with E-state index >= 15 is 0 Å². The fraction of sp³-hybridized carbons (Fsp3) is 0.318. The lowest BCUT2D eigenvalue weighted by atomic mass is 10.1. The van der Waals surface area contributed by atoms with E-state index < -0.39 is 39.6 Å². The molecule has 3 N–H and O–H groups in total. The van der Waals surface area contributed by atoms with Crippen LogP contribution in [0.15, 0.2) is 40.9 Å². The number of nitrogens with zero attached hydrogens (tertiary/aromatic N) is 4. The number of aryl methyl sites for hydroxylation is 1. The molecule has 1 amide bonds. The van der Waals surface area contributed by atoms with Gasteiger partial charge in [-0.1, -0.05) is 6.07 Å². The number of hydrogen-bond acceptors (Lipinski definition) is 11. The number of carbonyl (C=O) groups excluding carboxylic acids is 2. The molecule has 0 aliphatic carbocycles. The third kappa shape index (κ3) is 7.70. The Labute approximate surface area is 223 Å². The number of amides is 1. The molecular formula is C22H21F4N5O8S. The molecule has 0 spiro atoms. The van der Waals surface area contributed by atoms with Gasteiger partial charge in [0.15, 0.2) is 16.2 Å². The fourth-order valence-corrected chi connectivity index (χ4v) is 3.21. The minimum Gasteiger partial charge on any atom is -0.741 e. The normalized spacial score (nSPS) is 15.3. The summed E-state index contributed by atoms with van der Waals surface area (Å²) in [7, 11) is -6.09. The van der Waals surface area contributed by atoms with Crippen LogP contribution in [0.3, 0.4) is 0 Å². The molecule has 0 saturated carbocycles. The summed E-state index contributed by atoms with van der Waals surface area (Å²) in [5.74, 6) is -0.224. The number of esters is 1. The van der Waals surface area contributed by atoms with Crippen LogP contribution in [0.5, 0.6) is 0 Å². The van der Waals surface area contributed by atoms with Gasteiger partial charge in [0.05, 0.1) is 25.2 Å². The zero-order valence-corrected chi connectivity index (χ0v) is 21.4. The summed E-state index contributed by atoms with van der Waals surface area (Å²) in [5, 5.41) is 7.66. The molecule has 0 unspecified atom stereocenters. The van der Waals surface area contributed by atoms with Gasteiger partial charge in [0.25, 0.3) is 5.89 Å². The second kappa shape index (κ2) is 12.3. The average molecular weight is 591 g/mol. The van der Waals surface area contributed by atoms with E-state index in [2.05, 4.69) is 20.9 Å². The minimum absolute atomic E-state index is 0.0563. The Morgan fingerprint density at radius 1 is 1.25 bits per heavy atom. The number of cyclic esters (lactones) is 1. The van der Waals surface area contributed by atoms with E-state index in [0.717, 1.165) is 0 Å². The minimum atomic E-state index is -6.09. The van der Waals surface area contributed by atoms with Crippen molar-refractivity contribution in [2.24, 2.45) is 0 Å². The van der Waals surface area contributed by atoms with Crippen LogP contribution in [-0.2, 0) is 24.4 Å². The van der Waals surface area contributed by atoms with E-state index in [1.165, 1.54) is 17.2 Å². The van der Waals surface area contributed by atoms with E-state index in [9.17, 15) is 27.2 Å². The number of halogens is 4. The van der Waals surface area contributed by atoms with Crippen molar-refractivity contribution in [1.29, 1.82) is 0 Å². The summed E-state index contributed by atoms with van der Waals surface area (Å²) in [6.07, 6.45) is 0.453. The first-order valence-electron chi connectivity index (χ1n) is 11.2. The zero-order chi connectivity index (χ0) is 29.7. The average Bonchev–Trinajstić information content (AvgIpc) is 3.47.